The number of ether oxygens (including phenoxy) is 1. The van der Waals surface area contributed by atoms with E-state index in [0.717, 1.165) is 25.3 Å². The molecule has 0 saturated carbocycles. The van der Waals surface area contributed by atoms with Gasteiger partial charge in [0.1, 0.15) is 5.75 Å². The van der Waals surface area contributed by atoms with Crippen molar-refractivity contribution in [3.8, 4) is 11.5 Å². The van der Waals surface area contributed by atoms with E-state index in [1.807, 2.05) is 19.1 Å². The van der Waals surface area contributed by atoms with Gasteiger partial charge in [-0.2, -0.15) is 0 Å². The monoisotopic (exact) mass is 501 g/mol. The molecule has 0 fully saturated rings. The lowest BCUT2D eigenvalue weighted by molar-refractivity contribution is 0.414. The van der Waals surface area contributed by atoms with Crippen molar-refractivity contribution in [2.75, 3.05) is 20.2 Å². The molecular formula is C21H29FIN3O2. The number of aromatic hydroxyl groups is 1. The van der Waals surface area contributed by atoms with Gasteiger partial charge >= 0.3 is 0 Å². The fourth-order valence-corrected chi connectivity index (χ4v) is 2.67. The zero-order valence-electron chi connectivity index (χ0n) is 16.5. The highest BCUT2D eigenvalue weighted by Gasteiger charge is 2.07. The quantitative estimate of drug-likeness (QED) is 0.285. The summed E-state index contributed by atoms with van der Waals surface area (Å²) in [5.41, 5.74) is 1.97. The van der Waals surface area contributed by atoms with Gasteiger partial charge in [-0.3, -0.25) is 0 Å². The minimum atomic E-state index is -0.631. The van der Waals surface area contributed by atoms with Crippen LogP contribution >= 0.6 is 24.0 Å². The molecule has 2 aromatic carbocycles. The highest BCUT2D eigenvalue weighted by molar-refractivity contribution is 14.0. The van der Waals surface area contributed by atoms with Gasteiger partial charge in [0.15, 0.2) is 17.5 Å². The maximum absolute atomic E-state index is 13.4. The van der Waals surface area contributed by atoms with Crippen LogP contribution in [0.25, 0.3) is 0 Å². The summed E-state index contributed by atoms with van der Waals surface area (Å²) in [7, 11) is 1.66. The Hall–Kier alpha value is -2.03. The van der Waals surface area contributed by atoms with E-state index in [9.17, 15) is 9.50 Å². The van der Waals surface area contributed by atoms with Gasteiger partial charge in [-0.15, -0.1) is 24.0 Å². The average molecular weight is 501 g/mol. The normalized spacial score (nSPS) is 12.1. The molecule has 2 rings (SSSR count). The van der Waals surface area contributed by atoms with E-state index >= 15 is 0 Å². The second kappa shape index (κ2) is 12.4. The first-order chi connectivity index (χ1) is 13.0. The first-order valence-electron chi connectivity index (χ1n) is 9.17. The number of benzene rings is 2. The van der Waals surface area contributed by atoms with Gasteiger partial charge in [0.05, 0.1) is 13.7 Å². The molecule has 0 aliphatic heterocycles. The fourth-order valence-electron chi connectivity index (χ4n) is 2.67. The Morgan fingerprint density at radius 2 is 1.89 bits per heavy atom. The zero-order chi connectivity index (χ0) is 19.6. The Bertz CT molecular complexity index is 754. The number of guanidine groups is 1. The van der Waals surface area contributed by atoms with Gasteiger partial charge in [0, 0.05) is 13.1 Å². The molecule has 1 unspecified atom stereocenters. The van der Waals surface area contributed by atoms with Crippen LogP contribution in [0.1, 0.15) is 37.3 Å². The number of methoxy groups -OCH3 is 1. The van der Waals surface area contributed by atoms with Gasteiger partial charge < -0.3 is 20.5 Å². The van der Waals surface area contributed by atoms with Crippen molar-refractivity contribution >= 4 is 29.9 Å². The molecule has 7 heteroatoms. The van der Waals surface area contributed by atoms with Crippen molar-refractivity contribution in [3.05, 3.63) is 59.4 Å². The maximum atomic E-state index is 13.4. The number of hydrogen-bond donors (Lipinski definition) is 3. The Kier molecular flexibility index (Phi) is 10.7. The lowest BCUT2D eigenvalue weighted by atomic mass is 9.98. The Morgan fingerprint density at radius 1 is 1.18 bits per heavy atom. The minimum absolute atomic E-state index is 0. The Morgan fingerprint density at radius 3 is 2.50 bits per heavy atom. The summed E-state index contributed by atoms with van der Waals surface area (Å²) in [6.45, 7) is 6.03. The molecule has 0 heterocycles. The molecule has 0 amide bonds. The molecule has 154 valence electrons. The topological polar surface area (TPSA) is 65.9 Å². The Labute approximate surface area is 183 Å². The van der Waals surface area contributed by atoms with Crippen LogP contribution in [0.4, 0.5) is 4.39 Å². The summed E-state index contributed by atoms with van der Waals surface area (Å²) in [5.74, 6) is 0.968. The van der Waals surface area contributed by atoms with Gasteiger partial charge in [-0.1, -0.05) is 25.1 Å². The van der Waals surface area contributed by atoms with Crippen LogP contribution in [0.2, 0.25) is 0 Å². The molecule has 1 atom stereocenters. The molecule has 0 saturated heterocycles. The standard InChI is InChI=1S/C21H28FN3O2.HI/c1-4-23-21(25-14-16-5-10-20(26)19(22)13-16)24-12-11-15(2)17-6-8-18(27-3)9-7-17;/h5-10,13,15,26H,4,11-12,14H2,1-3H3,(H2,23,24,25);1H. The molecule has 0 spiro atoms. The summed E-state index contributed by atoms with van der Waals surface area (Å²) in [4.78, 5) is 4.48. The molecule has 0 aliphatic carbocycles. The number of phenols is 1. The van der Waals surface area contributed by atoms with Gasteiger partial charge in [0.25, 0.3) is 0 Å². The summed E-state index contributed by atoms with van der Waals surface area (Å²) in [6, 6.07) is 12.4. The molecule has 0 aromatic heterocycles. The zero-order valence-corrected chi connectivity index (χ0v) is 18.9. The van der Waals surface area contributed by atoms with E-state index in [1.165, 1.54) is 17.7 Å². The molecule has 0 aliphatic rings. The number of halogens is 2. The molecule has 28 heavy (non-hydrogen) atoms. The maximum Gasteiger partial charge on any atom is 0.191 e. The number of nitrogens with zero attached hydrogens (tertiary/aromatic N) is 1. The van der Waals surface area contributed by atoms with Crippen molar-refractivity contribution < 1.29 is 14.2 Å². The first kappa shape index (κ1) is 24.0. The summed E-state index contributed by atoms with van der Waals surface area (Å²) < 4.78 is 18.6. The van der Waals surface area contributed by atoms with E-state index in [2.05, 4.69) is 34.7 Å². The lowest BCUT2D eigenvalue weighted by Crippen LogP contribution is -2.38. The van der Waals surface area contributed by atoms with Gasteiger partial charge in [0.2, 0.25) is 0 Å². The van der Waals surface area contributed by atoms with Crippen molar-refractivity contribution in [1.29, 1.82) is 0 Å². The smallest absolute Gasteiger partial charge is 0.191 e. The highest BCUT2D eigenvalue weighted by atomic mass is 127. The van der Waals surface area contributed by atoms with Crippen molar-refractivity contribution in [1.82, 2.24) is 10.6 Å². The van der Waals surface area contributed by atoms with Crippen LogP contribution in [0.3, 0.4) is 0 Å². The second-order valence-corrected chi connectivity index (χ2v) is 6.37. The molecule has 3 N–H and O–H groups in total. The minimum Gasteiger partial charge on any atom is -0.505 e. The SMILES string of the molecule is CCNC(=NCc1ccc(O)c(F)c1)NCCC(C)c1ccc(OC)cc1.I. The molecule has 5 nitrogen and oxygen atoms in total. The predicted octanol–water partition coefficient (Wildman–Crippen LogP) is 4.41. The third-order valence-electron chi connectivity index (χ3n) is 4.33. The molecule has 0 bridgehead atoms. The van der Waals surface area contributed by atoms with E-state index in [1.54, 1.807) is 13.2 Å². The lowest BCUT2D eigenvalue weighted by Gasteiger charge is -2.15. The molecule has 0 radical (unpaired) electrons. The van der Waals surface area contributed by atoms with Crippen LogP contribution in [0, 0.1) is 5.82 Å². The average Bonchev–Trinajstić information content (AvgIpc) is 2.68. The van der Waals surface area contributed by atoms with Crippen LogP contribution in [-0.2, 0) is 6.54 Å². The number of hydrogen-bond acceptors (Lipinski definition) is 3. The summed E-state index contributed by atoms with van der Waals surface area (Å²) in [6.07, 6.45) is 0.949. The van der Waals surface area contributed by atoms with E-state index in [0.29, 0.717) is 24.0 Å². The van der Waals surface area contributed by atoms with Crippen molar-refractivity contribution in [3.63, 3.8) is 0 Å². The third kappa shape index (κ3) is 7.53. The van der Waals surface area contributed by atoms with Gasteiger partial charge in [-0.25, -0.2) is 9.38 Å². The molecular weight excluding hydrogens is 472 g/mol. The summed E-state index contributed by atoms with van der Waals surface area (Å²) in [5, 5.41) is 15.8. The molecule has 2 aromatic rings. The predicted molar refractivity (Wildman–Crippen MR) is 122 cm³/mol. The largest absolute Gasteiger partial charge is 0.505 e. The number of phenolic OH excluding ortho intramolecular Hbond substituents is 1. The number of rotatable bonds is 8. The Balaban J connectivity index is 0.00000392. The van der Waals surface area contributed by atoms with Crippen LogP contribution < -0.4 is 15.4 Å². The first-order valence-corrected chi connectivity index (χ1v) is 9.17. The second-order valence-electron chi connectivity index (χ2n) is 6.37. The number of nitrogens with one attached hydrogen (secondary N) is 2. The van der Waals surface area contributed by atoms with Crippen LogP contribution in [-0.4, -0.2) is 31.3 Å². The fraction of sp³-hybridized carbons (Fsp3) is 0.381. The van der Waals surface area contributed by atoms with Gasteiger partial charge in [-0.05, 0) is 54.7 Å². The number of aliphatic imine (C=N–C) groups is 1. The van der Waals surface area contributed by atoms with Crippen LogP contribution in [0.15, 0.2) is 47.5 Å². The summed E-state index contributed by atoms with van der Waals surface area (Å²) >= 11 is 0. The van der Waals surface area contributed by atoms with Crippen LogP contribution in [0.5, 0.6) is 11.5 Å². The highest BCUT2D eigenvalue weighted by Crippen LogP contribution is 2.21. The van der Waals surface area contributed by atoms with Crippen molar-refractivity contribution in [2.24, 2.45) is 4.99 Å². The third-order valence-corrected chi connectivity index (χ3v) is 4.33. The van der Waals surface area contributed by atoms with E-state index < -0.39 is 5.82 Å². The van der Waals surface area contributed by atoms with Crippen molar-refractivity contribution in [2.45, 2.75) is 32.7 Å². The van der Waals surface area contributed by atoms with E-state index in [-0.39, 0.29) is 29.7 Å². The van der Waals surface area contributed by atoms with E-state index in [4.69, 9.17) is 4.74 Å².